The number of fused-ring (bicyclic) bond motifs is 2. The van der Waals surface area contributed by atoms with Gasteiger partial charge in [-0.1, -0.05) is 55.8 Å². The van der Waals surface area contributed by atoms with Crippen LogP contribution < -0.4 is 0 Å². The van der Waals surface area contributed by atoms with Gasteiger partial charge in [0.2, 0.25) is 0 Å². The molecule has 0 spiro atoms. The minimum atomic E-state index is -0.711. The molecule has 2 aromatic rings. The van der Waals surface area contributed by atoms with Gasteiger partial charge in [0.05, 0.1) is 12.1 Å². The Morgan fingerprint density at radius 2 is 1.85 bits per heavy atom. The van der Waals surface area contributed by atoms with E-state index in [1.54, 1.807) is 0 Å². The molecular weight excluding hydrogens is 332 g/mol. The van der Waals surface area contributed by atoms with Crippen LogP contribution in [-0.2, 0) is 4.79 Å². The number of hydrogen-bond acceptors (Lipinski definition) is 3. The van der Waals surface area contributed by atoms with Crippen molar-refractivity contribution in [1.82, 2.24) is 0 Å². The van der Waals surface area contributed by atoms with E-state index in [0.717, 1.165) is 19.3 Å². The molecule has 4 atom stereocenters. The molecule has 2 aliphatic rings. The summed E-state index contributed by atoms with van der Waals surface area (Å²) < 4.78 is 0. The third-order valence-electron chi connectivity index (χ3n) is 7.01. The standard InChI is InChI=1S/C24H24N2O/c1-16-9-10-24(18(14-25)15-26)13-19(27)12-22(23(24)11-16)21-8-4-6-17-5-2-3-7-20(17)21/h2-8,16,18,22-23H,9-13H2,1H3/t16-,22-,23-,24+/m0/s1. The van der Waals surface area contributed by atoms with Gasteiger partial charge in [-0.3, -0.25) is 4.79 Å². The number of benzene rings is 2. The van der Waals surface area contributed by atoms with Crippen LogP contribution in [0.1, 0.15) is 50.5 Å². The van der Waals surface area contributed by atoms with Crippen LogP contribution in [0.5, 0.6) is 0 Å². The normalized spacial score (nSPS) is 30.5. The zero-order valence-corrected chi connectivity index (χ0v) is 15.7. The molecule has 0 aromatic heterocycles. The molecule has 2 fully saturated rings. The summed E-state index contributed by atoms with van der Waals surface area (Å²) in [5.74, 6) is 0.344. The third-order valence-corrected chi connectivity index (χ3v) is 7.01. The zero-order chi connectivity index (χ0) is 19.0. The summed E-state index contributed by atoms with van der Waals surface area (Å²) in [4.78, 5) is 12.8. The van der Waals surface area contributed by atoms with Crippen molar-refractivity contribution >= 4 is 16.6 Å². The predicted molar refractivity (Wildman–Crippen MR) is 105 cm³/mol. The van der Waals surface area contributed by atoms with E-state index in [9.17, 15) is 15.3 Å². The molecule has 0 heterocycles. The van der Waals surface area contributed by atoms with Gasteiger partial charge in [0.25, 0.3) is 0 Å². The number of carbonyl (C=O) groups is 1. The topological polar surface area (TPSA) is 64.7 Å². The molecule has 0 amide bonds. The number of Topliss-reactive ketones (excluding diaryl/α,β-unsaturated/α-hetero) is 1. The summed E-state index contributed by atoms with van der Waals surface area (Å²) in [5, 5.41) is 21.8. The SMILES string of the molecule is C[C@H]1CC[C@]2(C(C#N)C#N)CC(=O)C[C@@H](c3cccc4ccccc34)[C@@H]2C1. The van der Waals surface area contributed by atoms with Crippen molar-refractivity contribution in [3.05, 3.63) is 48.0 Å². The summed E-state index contributed by atoms with van der Waals surface area (Å²) >= 11 is 0. The lowest BCUT2D eigenvalue weighted by atomic mass is 9.49. The van der Waals surface area contributed by atoms with Crippen LogP contribution >= 0.6 is 0 Å². The average Bonchev–Trinajstić information content (AvgIpc) is 2.68. The highest BCUT2D eigenvalue weighted by Gasteiger charge is 2.55. The van der Waals surface area contributed by atoms with E-state index in [1.807, 2.05) is 12.1 Å². The second-order valence-corrected chi connectivity index (χ2v) is 8.50. The first-order chi connectivity index (χ1) is 13.1. The minimum Gasteiger partial charge on any atom is -0.300 e. The van der Waals surface area contributed by atoms with Gasteiger partial charge in [-0.05, 0) is 46.9 Å². The fourth-order valence-electron chi connectivity index (χ4n) is 5.74. The second kappa shape index (κ2) is 6.82. The number of ketones is 1. The molecular formula is C24H24N2O. The Bertz CT molecular complexity index is 947. The average molecular weight is 356 g/mol. The van der Waals surface area contributed by atoms with Crippen molar-refractivity contribution in [2.24, 2.45) is 23.2 Å². The van der Waals surface area contributed by atoms with E-state index in [4.69, 9.17) is 0 Å². The maximum Gasteiger partial charge on any atom is 0.139 e. The Hall–Kier alpha value is -2.65. The first-order valence-electron chi connectivity index (χ1n) is 9.87. The molecule has 0 aliphatic heterocycles. The minimum absolute atomic E-state index is 0.0873. The Morgan fingerprint density at radius 3 is 2.63 bits per heavy atom. The number of hydrogen-bond donors (Lipinski definition) is 0. The molecule has 0 radical (unpaired) electrons. The van der Waals surface area contributed by atoms with Gasteiger partial charge in [-0.15, -0.1) is 0 Å². The van der Waals surface area contributed by atoms with Crippen LogP contribution in [0.15, 0.2) is 42.5 Å². The predicted octanol–water partition coefficient (Wildman–Crippen LogP) is 5.37. The van der Waals surface area contributed by atoms with Crippen molar-refractivity contribution in [1.29, 1.82) is 10.5 Å². The highest BCUT2D eigenvalue weighted by Crippen LogP contribution is 2.59. The van der Waals surface area contributed by atoms with Gasteiger partial charge in [0, 0.05) is 18.3 Å². The van der Waals surface area contributed by atoms with E-state index in [0.29, 0.717) is 18.8 Å². The fraction of sp³-hybridized carbons (Fsp3) is 0.458. The molecule has 3 heteroatoms. The van der Waals surface area contributed by atoms with Gasteiger partial charge in [-0.2, -0.15) is 10.5 Å². The van der Waals surface area contributed by atoms with Crippen molar-refractivity contribution in [2.45, 2.75) is 44.9 Å². The van der Waals surface area contributed by atoms with Crippen LogP contribution in [-0.4, -0.2) is 5.78 Å². The van der Waals surface area contributed by atoms with Crippen molar-refractivity contribution in [3.63, 3.8) is 0 Å². The van der Waals surface area contributed by atoms with E-state index >= 15 is 0 Å². The monoisotopic (exact) mass is 356 g/mol. The quantitative estimate of drug-likeness (QED) is 0.726. The Balaban J connectivity index is 1.88. The van der Waals surface area contributed by atoms with Crippen LogP contribution in [0.2, 0.25) is 0 Å². The highest BCUT2D eigenvalue weighted by molar-refractivity contribution is 5.88. The van der Waals surface area contributed by atoms with Crippen molar-refractivity contribution in [2.75, 3.05) is 0 Å². The van der Waals surface area contributed by atoms with Crippen LogP contribution in [0, 0.1) is 45.8 Å². The molecule has 0 saturated heterocycles. The molecule has 2 aromatic carbocycles. The van der Waals surface area contributed by atoms with E-state index in [-0.39, 0.29) is 17.6 Å². The molecule has 27 heavy (non-hydrogen) atoms. The van der Waals surface area contributed by atoms with Gasteiger partial charge in [-0.25, -0.2) is 0 Å². The Morgan fingerprint density at radius 1 is 1.11 bits per heavy atom. The van der Waals surface area contributed by atoms with E-state index in [2.05, 4.69) is 49.4 Å². The number of rotatable bonds is 2. The third kappa shape index (κ3) is 2.83. The van der Waals surface area contributed by atoms with E-state index < -0.39 is 11.3 Å². The van der Waals surface area contributed by atoms with Gasteiger partial charge < -0.3 is 0 Å². The van der Waals surface area contributed by atoms with Crippen molar-refractivity contribution < 1.29 is 4.79 Å². The maximum absolute atomic E-state index is 12.8. The number of nitrogens with zero attached hydrogens (tertiary/aromatic N) is 2. The fourth-order valence-corrected chi connectivity index (χ4v) is 5.74. The maximum atomic E-state index is 12.8. The molecule has 2 saturated carbocycles. The first kappa shape index (κ1) is 17.7. The largest absolute Gasteiger partial charge is 0.300 e. The van der Waals surface area contributed by atoms with Crippen LogP contribution in [0.3, 0.4) is 0 Å². The smallest absolute Gasteiger partial charge is 0.139 e. The molecule has 4 rings (SSSR count). The van der Waals surface area contributed by atoms with E-state index in [1.165, 1.54) is 16.3 Å². The van der Waals surface area contributed by atoms with Gasteiger partial charge in [0.1, 0.15) is 11.7 Å². The summed E-state index contributed by atoms with van der Waals surface area (Å²) in [5.41, 5.74) is 0.715. The summed E-state index contributed by atoms with van der Waals surface area (Å²) in [6, 6.07) is 19.1. The number of nitriles is 2. The number of carbonyl (C=O) groups excluding carboxylic acids is 1. The lowest BCUT2D eigenvalue weighted by molar-refractivity contribution is -0.131. The molecule has 0 bridgehead atoms. The van der Waals surface area contributed by atoms with Gasteiger partial charge in [0.15, 0.2) is 0 Å². The Labute approximate surface area is 160 Å². The lowest BCUT2D eigenvalue weighted by Gasteiger charge is -2.53. The summed E-state index contributed by atoms with van der Waals surface area (Å²) in [6.45, 7) is 2.26. The molecule has 0 N–H and O–H groups in total. The molecule has 2 aliphatic carbocycles. The Kier molecular flexibility index (Phi) is 4.48. The lowest BCUT2D eigenvalue weighted by Crippen LogP contribution is -2.49. The second-order valence-electron chi connectivity index (χ2n) is 8.50. The summed E-state index contributed by atoms with van der Waals surface area (Å²) in [6.07, 6.45) is 3.69. The molecule has 3 nitrogen and oxygen atoms in total. The first-order valence-corrected chi connectivity index (χ1v) is 9.87. The van der Waals surface area contributed by atoms with Gasteiger partial charge >= 0.3 is 0 Å². The van der Waals surface area contributed by atoms with Crippen LogP contribution in [0.25, 0.3) is 10.8 Å². The van der Waals surface area contributed by atoms with Crippen LogP contribution in [0.4, 0.5) is 0 Å². The summed E-state index contributed by atoms with van der Waals surface area (Å²) in [7, 11) is 0. The van der Waals surface area contributed by atoms with Crippen molar-refractivity contribution in [3.8, 4) is 12.1 Å². The zero-order valence-electron chi connectivity index (χ0n) is 15.7. The molecule has 136 valence electrons. The molecule has 0 unspecified atom stereocenters. The highest BCUT2D eigenvalue weighted by atomic mass is 16.1.